The van der Waals surface area contributed by atoms with E-state index in [0.29, 0.717) is 28.8 Å². The monoisotopic (exact) mass is 473 g/mol. The first-order valence-electron chi connectivity index (χ1n) is 10.9. The molecule has 0 saturated carbocycles. The molecule has 1 aliphatic heterocycles. The number of amides is 2. The maximum absolute atomic E-state index is 13.7. The van der Waals surface area contributed by atoms with Crippen molar-refractivity contribution in [3.63, 3.8) is 0 Å². The number of para-hydroxylation sites is 1. The van der Waals surface area contributed by atoms with E-state index in [2.05, 4.69) is 22.0 Å². The molecule has 34 heavy (non-hydrogen) atoms. The standard InChI is InChI=1S/C27H24ClN3O3/c1-33-24-13-12-18(15-25(24)34-2)26-23-11-6-14-30(23)22-10-4-3-7-19(22)17-31(26)27(32)29-21-9-5-8-20(28)16-21/h3-16,26H,17H2,1-2H3,(H,29,32). The van der Waals surface area contributed by atoms with Gasteiger partial charge in [-0.2, -0.15) is 0 Å². The fourth-order valence-electron chi connectivity index (χ4n) is 4.47. The molecule has 1 aliphatic rings. The number of aromatic nitrogens is 1. The van der Waals surface area contributed by atoms with E-state index in [1.54, 1.807) is 26.4 Å². The minimum Gasteiger partial charge on any atom is -0.493 e. The highest BCUT2D eigenvalue weighted by atomic mass is 35.5. The quantitative estimate of drug-likeness (QED) is 0.379. The van der Waals surface area contributed by atoms with Crippen LogP contribution in [-0.2, 0) is 6.54 Å². The van der Waals surface area contributed by atoms with E-state index in [1.165, 1.54) is 0 Å². The lowest BCUT2D eigenvalue weighted by Crippen LogP contribution is -2.37. The van der Waals surface area contributed by atoms with Crippen molar-refractivity contribution in [3.05, 3.63) is 107 Å². The number of carbonyl (C=O) groups is 1. The second kappa shape index (κ2) is 9.15. The van der Waals surface area contributed by atoms with Crippen molar-refractivity contribution >= 4 is 23.3 Å². The van der Waals surface area contributed by atoms with Crippen LogP contribution >= 0.6 is 11.6 Å². The Morgan fingerprint density at radius 1 is 0.941 bits per heavy atom. The Kier molecular flexibility index (Phi) is 5.90. The Bertz CT molecular complexity index is 1350. The van der Waals surface area contributed by atoms with Gasteiger partial charge in [0.15, 0.2) is 11.5 Å². The van der Waals surface area contributed by atoms with Crippen LogP contribution in [0.25, 0.3) is 5.69 Å². The normalized spacial score (nSPS) is 14.6. The van der Waals surface area contributed by atoms with E-state index in [9.17, 15) is 4.79 Å². The molecule has 1 aromatic heterocycles. The molecule has 7 heteroatoms. The third-order valence-corrected chi connectivity index (χ3v) is 6.26. The van der Waals surface area contributed by atoms with Gasteiger partial charge in [-0.15, -0.1) is 0 Å². The lowest BCUT2D eigenvalue weighted by molar-refractivity contribution is 0.194. The molecule has 3 aromatic carbocycles. The first-order valence-corrected chi connectivity index (χ1v) is 11.3. The molecule has 0 radical (unpaired) electrons. The van der Waals surface area contributed by atoms with Gasteiger partial charge in [-0.3, -0.25) is 0 Å². The summed E-state index contributed by atoms with van der Waals surface area (Å²) in [6.07, 6.45) is 2.03. The van der Waals surface area contributed by atoms with Crippen molar-refractivity contribution < 1.29 is 14.3 Å². The molecule has 0 spiro atoms. The van der Waals surface area contributed by atoms with E-state index in [0.717, 1.165) is 22.5 Å². The van der Waals surface area contributed by atoms with E-state index < -0.39 is 0 Å². The molecular weight excluding hydrogens is 450 g/mol. The number of halogens is 1. The summed E-state index contributed by atoms with van der Waals surface area (Å²) < 4.78 is 13.1. The highest BCUT2D eigenvalue weighted by Gasteiger charge is 2.33. The minimum absolute atomic E-state index is 0.230. The molecule has 1 unspecified atom stereocenters. The van der Waals surface area contributed by atoms with Gasteiger partial charge in [0, 0.05) is 22.6 Å². The van der Waals surface area contributed by atoms with Crippen LogP contribution in [0.2, 0.25) is 5.02 Å². The SMILES string of the molecule is COc1ccc(C2c3cccn3-c3ccccc3CN2C(=O)Nc2cccc(Cl)c2)cc1OC. The second-order valence-electron chi connectivity index (χ2n) is 8.02. The third-order valence-electron chi connectivity index (χ3n) is 6.02. The van der Waals surface area contributed by atoms with Gasteiger partial charge in [0.25, 0.3) is 0 Å². The van der Waals surface area contributed by atoms with Crippen molar-refractivity contribution in [3.8, 4) is 17.2 Å². The molecule has 6 nitrogen and oxygen atoms in total. The van der Waals surface area contributed by atoms with E-state index in [4.69, 9.17) is 21.1 Å². The fraction of sp³-hybridized carbons (Fsp3) is 0.148. The molecule has 4 aromatic rings. The molecule has 0 fully saturated rings. The van der Waals surface area contributed by atoms with Gasteiger partial charge < -0.3 is 24.3 Å². The van der Waals surface area contributed by atoms with Crippen LogP contribution in [0, 0.1) is 0 Å². The molecule has 1 atom stereocenters. The molecule has 0 saturated heterocycles. The molecule has 0 bridgehead atoms. The first-order chi connectivity index (χ1) is 16.6. The average molecular weight is 474 g/mol. The Morgan fingerprint density at radius 3 is 2.56 bits per heavy atom. The van der Waals surface area contributed by atoms with E-state index >= 15 is 0 Å². The summed E-state index contributed by atoms with van der Waals surface area (Å²) >= 11 is 6.15. The zero-order valence-corrected chi connectivity index (χ0v) is 19.6. The van der Waals surface area contributed by atoms with E-state index in [1.807, 2.05) is 65.7 Å². The smallest absolute Gasteiger partial charge is 0.322 e. The summed E-state index contributed by atoms with van der Waals surface area (Å²) in [6, 6.07) is 24.5. The van der Waals surface area contributed by atoms with Crippen molar-refractivity contribution in [2.75, 3.05) is 19.5 Å². The van der Waals surface area contributed by atoms with E-state index in [-0.39, 0.29) is 12.1 Å². The number of hydrogen-bond donors (Lipinski definition) is 1. The zero-order valence-electron chi connectivity index (χ0n) is 18.9. The zero-order chi connectivity index (χ0) is 23.7. The van der Waals surface area contributed by atoms with Gasteiger partial charge in [0.1, 0.15) is 0 Å². The van der Waals surface area contributed by atoms with Crippen LogP contribution < -0.4 is 14.8 Å². The predicted molar refractivity (Wildman–Crippen MR) is 133 cm³/mol. The maximum atomic E-state index is 13.7. The highest BCUT2D eigenvalue weighted by Crippen LogP contribution is 2.39. The number of nitrogens with zero attached hydrogens (tertiary/aromatic N) is 2. The number of fused-ring (bicyclic) bond motifs is 3. The summed E-state index contributed by atoms with van der Waals surface area (Å²) in [6.45, 7) is 0.420. The van der Waals surface area contributed by atoms with Crippen molar-refractivity contribution in [2.45, 2.75) is 12.6 Å². The number of carbonyl (C=O) groups excluding carboxylic acids is 1. The van der Waals surface area contributed by atoms with Crippen molar-refractivity contribution in [1.82, 2.24) is 9.47 Å². The Balaban J connectivity index is 1.65. The number of hydrogen-bond acceptors (Lipinski definition) is 3. The van der Waals surface area contributed by atoms with Gasteiger partial charge in [0.2, 0.25) is 0 Å². The van der Waals surface area contributed by atoms with Crippen LogP contribution in [0.15, 0.2) is 85.1 Å². The van der Waals surface area contributed by atoms with Gasteiger partial charge >= 0.3 is 6.03 Å². The summed E-state index contributed by atoms with van der Waals surface area (Å²) in [4.78, 5) is 15.6. The summed E-state index contributed by atoms with van der Waals surface area (Å²) in [5, 5.41) is 3.58. The number of anilines is 1. The number of rotatable bonds is 4. The van der Waals surface area contributed by atoms with Crippen molar-refractivity contribution in [2.24, 2.45) is 0 Å². The van der Waals surface area contributed by atoms with Crippen LogP contribution in [0.4, 0.5) is 10.5 Å². The van der Waals surface area contributed by atoms with Crippen LogP contribution in [-0.4, -0.2) is 29.7 Å². The van der Waals surface area contributed by atoms with Crippen molar-refractivity contribution in [1.29, 1.82) is 0 Å². The molecule has 0 aliphatic carbocycles. The van der Waals surface area contributed by atoms with Gasteiger partial charge in [-0.1, -0.05) is 41.9 Å². The minimum atomic E-state index is -0.374. The average Bonchev–Trinajstić information content (AvgIpc) is 3.28. The first kappa shape index (κ1) is 21.9. The van der Waals surface area contributed by atoms with Gasteiger partial charge in [-0.25, -0.2) is 4.79 Å². The van der Waals surface area contributed by atoms with Gasteiger partial charge in [0.05, 0.1) is 32.5 Å². The van der Waals surface area contributed by atoms with Crippen LogP contribution in [0.5, 0.6) is 11.5 Å². The summed E-state index contributed by atoms with van der Waals surface area (Å²) in [5.41, 5.74) is 4.61. The topological polar surface area (TPSA) is 55.7 Å². The summed E-state index contributed by atoms with van der Waals surface area (Å²) in [5.74, 6) is 1.24. The maximum Gasteiger partial charge on any atom is 0.322 e. The third kappa shape index (κ3) is 3.97. The summed E-state index contributed by atoms with van der Waals surface area (Å²) in [7, 11) is 3.21. The number of urea groups is 1. The van der Waals surface area contributed by atoms with Gasteiger partial charge in [-0.05, 0) is 59.7 Å². The number of nitrogens with one attached hydrogen (secondary N) is 1. The Hall–Kier alpha value is -3.90. The molecule has 1 N–H and O–H groups in total. The number of methoxy groups -OCH3 is 2. The lowest BCUT2D eigenvalue weighted by Gasteiger charge is -2.31. The Labute approximate surface area is 203 Å². The molecule has 2 amide bonds. The van der Waals surface area contributed by atoms with Crippen LogP contribution in [0.1, 0.15) is 22.9 Å². The number of benzene rings is 3. The lowest BCUT2D eigenvalue weighted by atomic mass is 10.0. The second-order valence-corrected chi connectivity index (χ2v) is 8.45. The highest BCUT2D eigenvalue weighted by molar-refractivity contribution is 6.30. The van der Waals surface area contributed by atoms with Crippen LogP contribution in [0.3, 0.4) is 0 Å². The fourth-order valence-corrected chi connectivity index (χ4v) is 4.66. The molecule has 2 heterocycles. The molecule has 172 valence electrons. The number of ether oxygens (including phenoxy) is 2. The Morgan fingerprint density at radius 2 is 1.76 bits per heavy atom. The predicted octanol–water partition coefficient (Wildman–Crippen LogP) is 6.29. The largest absolute Gasteiger partial charge is 0.493 e. The molecule has 5 rings (SSSR count). The molecular formula is C27H24ClN3O3.